The molecular weight excluding hydrogens is 516 g/mol. The molecule has 9 nitrogen and oxygen atoms in total. The predicted octanol–water partition coefficient (Wildman–Crippen LogP) is 4.48. The Morgan fingerprint density at radius 1 is 1.00 bits per heavy atom. The van der Waals surface area contributed by atoms with Gasteiger partial charge in [0.25, 0.3) is 0 Å². The van der Waals surface area contributed by atoms with E-state index in [-0.39, 0.29) is 17.9 Å². The SMILES string of the molecule is CC(=O)O[C@@H]1C[C@](C)(O)[C@@]23C[C@@H](C[C@H](OC(=O)/C=C/c4ccccc4)[C@]2(C)[C@H]1OC(=O)c1ccoc1)C(C)(C)O3. The maximum absolute atomic E-state index is 13.3. The monoisotopic (exact) mass is 552 g/mol. The Labute approximate surface area is 233 Å². The highest BCUT2D eigenvalue weighted by Gasteiger charge is 2.79. The van der Waals surface area contributed by atoms with Gasteiger partial charge in [-0.15, -0.1) is 0 Å². The van der Waals surface area contributed by atoms with Crippen molar-refractivity contribution in [2.24, 2.45) is 11.3 Å². The molecule has 214 valence electrons. The molecule has 0 radical (unpaired) electrons. The van der Waals surface area contributed by atoms with E-state index in [1.165, 1.54) is 31.6 Å². The standard InChI is InChI=1S/C31H36O9/c1-19(32)37-23-17-29(4,35)31-16-22(28(2,3)40-31)15-24(38-25(33)12-11-20-9-7-6-8-10-20)30(31,5)26(23)39-27(34)21-13-14-36-18-21/h6-14,18,22-24,26,35H,15-17H2,1-5H3/b12-11+/t22-,23-,24+,26+,29+,30-,31+/m1/s1. The van der Waals surface area contributed by atoms with Crippen LogP contribution in [0.4, 0.5) is 0 Å². The Hall–Kier alpha value is -3.43. The van der Waals surface area contributed by atoms with Crippen molar-refractivity contribution in [3.05, 3.63) is 66.1 Å². The maximum atomic E-state index is 13.3. The van der Waals surface area contributed by atoms with Gasteiger partial charge in [0, 0.05) is 19.4 Å². The lowest BCUT2D eigenvalue weighted by Gasteiger charge is -2.63. The molecule has 3 aliphatic rings. The first-order chi connectivity index (χ1) is 18.8. The Morgan fingerprint density at radius 3 is 2.38 bits per heavy atom. The van der Waals surface area contributed by atoms with E-state index in [1.54, 1.807) is 19.9 Å². The number of carbonyl (C=O) groups excluding carboxylic acids is 3. The van der Waals surface area contributed by atoms with Crippen LogP contribution in [0.15, 0.2) is 59.4 Å². The molecule has 5 rings (SSSR count). The van der Waals surface area contributed by atoms with E-state index < -0.39 is 58.4 Å². The van der Waals surface area contributed by atoms with Gasteiger partial charge in [-0.1, -0.05) is 30.3 Å². The van der Waals surface area contributed by atoms with Gasteiger partial charge in [0.2, 0.25) is 0 Å². The highest BCUT2D eigenvalue weighted by atomic mass is 16.6. The van der Waals surface area contributed by atoms with Crippen molar-refractivity contribution in [2.75, 3.05) is 0 Å². The second-order valence-corrected chi connectivity index (χ2v) is 12.1. The van der Waals surface area contributed by atoms with Crippen LogP contribution in [0.25, 0.3) is 6.08 Å². The lowest BCUT2D eigenvalue weighted by Crippen LogP contribution is -2.77. The van der Waals surface area contributed by atoms with Crippen LogP contribution in [-0.4, -0.2) is 58.1 Å². The van der Waals surface area contributed by atoms with Crippen molar-refractivity contribution in [2.45, 2.75) is 89.0 Å². The van der Waals surface area contributed by atoms with E-state index in [4.69, 9.17) is 23.4 Å². The van der Waals surface area contributed by atoms with Crippen LogP contribution < -0.4 is 0 Å². The Bertz CT molecular complexity index is 1300. The quantitative estimate of drug-likeness (QED) is 0.314. The topological polar surface area (TPSA) is 122 Å². The highest BCUT2D eigenvalue weighted by Crippen LogP contribution is 2.68. The number of carbonyl (C=O) groups is 3. The molecule has 7 atom stereocenters. The highest BCUT2D eigenvalue weighted by molar-refractivity contribution is 5.89. The second-order valence-electron chi connectivity index (χ2n) is 12.1. The fourth-order valence-corrected chi connectivity index (χ4v) is 7.16. The first-order valence-electron chi connectivity index (χ1n) is 13.6. The predicted molar refractivity (Wildman–Crippen MR) is 143 cm³/mol. The maximum Gasteiger partial charge on any atom is 0.341 e. The van der Waals surface area contributed by atoms with Crippen molar-refractivity contribution in [3.8, 4) is 0 Å². The number of furan rings is 1. The summed E-state index contributed by atoms with van der Waals surface area (Å²) in [6.45, 7) is 8.60. The summed E-state index contributed by atoms with van der Waals surface area (Å²) in [5, 5.41) is 12.0. The summed E-state index contributed by atoms with van der Waals surface area (Å²) in [7, 11) is 0. The van der Waals surface area contributed by atoms with Crippen LogP contribution in [0.2, 0.25) is 0 Å². The molecule has 1 aliphatic heterocycles. The van der Waals surface area contributed by atoms with Crippen LogP contribution in [0.1, 0.15) is 69.8 Å². The molecule has 2 aromatic rings. The van der Waals surface area contributed by atoms with Crippen molar-refractivity contribution < 1.29 is 42.9 Å². The second kappa shape index (κ2) is 9.89. The fourth-order valence-electron chi connectivity index (χ4n) is 7.16. The Kier molecular flexibility index (Phi) is 6.95. The summed E-state index contributed by atoms with van der Waals surface area (Å²) in [6.07, 6.45) is 3.47. The normalized spacial score (nSPS) is 36.0. The van der Waals surface area contributed by atoms with Gasteiger partial charge in [-0.3, -0.25) is 4.79 Å². The average Bonchev–Trinajstić information content (AvgIpc) is 3.50. The number of rotatable bonds is 6. The van der Waals surface area contributed by atoms with Crippen molar-refractivity contribution >= 4 is 24.0 Å². The van der Waals surface area contributed by atoms with Gasteiger partial charge in [0.1, 0.15) is 24.1 Å². The number of esters is 3. The van der Waals surface area contributed by atoms with E-state index in [0.717, 1.165) is 5.56 Å². The van der Waals surface area contributed by atoms with Crippen molar-refractivity contribution in [3.63, 3.8) is 0 Å². The molecule has 1 aromatic heterocycles. The van der Waals surface area contributed by atoms with E-state index in [9.17, 15) is 19.5 Å². The van der Waals surface area contributed by atoms with Crippen LogP contribution >= 0.6 is 0 Å². The average molecular weight is 553 g/mol. The van der Waals surface area contributed by atoms with E-state index in [0.29, 0.717) is 12.8 Å². The number of fused-ring (bicyclic) bond motifs is 1. The molecule has 1 N–H and O–H groups in total. The molecule has 0 amide bonds. The molecule has 2 aliphatic carbocycles. The van der Waals surface area contributed by atoms with E-state index in [1.807, 2.05) is 44.2 Å². The van der Waals surface area contributed by atoms with Crippen LogP contribution in [0.5, 0.6) is 0 Å². The van der Waals surface area contributed by atoms with Crippen LogP contribution in [-0.2, 0) is 28.5 Å². The smallest absolute Gasteiger partial charge is 0.341 e. The molecule has 1 spiro atoms. The molecular formula is C31H36O9. The lowest BCUT2D eigenvalue weighted by molar-refractivity contribution is -0.323. The molecule has 1 saturated heterocycles. The molecule has 0 unspecified atom stereocenters. The summed E-state index contributed by atoms with van der Waals surface area (Å²) in [4.78, 5) is 38.7. The number of ether oxygens (including phenoxy) is 4. The zero-order valence-corrected chi connectivity index (χ0v) is 23.4. The van der Waals surface area contributed by atoms with Crippen LogP contribution in [0, 0.1) is 11.3 Å². The molecule has 2 saturated carbocycles. The van der Waals surface area contributed by atoms with Gasteiger partial charge in [-0.05, 0) is 64.2 Å². The zero-order valence-electron chi connectivity index (χ0n) is 23.4. The van der Waals surface area contributed by atoms with Crippen molar-refractivity contribution in [1.82, 2.24) is 0 Å². The third-order valence-electron chi connectivity index (χ3n) is 9.17. The zero-order chi connectivity index (χ0) is 28.9. The Morgan fingerprint density at radius 2 is 1.73 bits per heavy atom. The summed E-state index contributed by atoms with van der Waals surface area (Å²) >= 11 is 0. The van der Waals surface area contributed by atoms with Gasteiger partial charge in [0.05, 0.1) is 28.4 Å². The van der Waals surface area contributed by atoms with Gasteiger partial charge in [-0.2, -0.15) is 0 Å². The minimum absolute atomic E-state index is 0.0388. The van der Waals surface area contributed by atoms with E-state index >= 15 is 0 Å². The molecule has 9 heteroatoms. The summed E-state index contributed by atoms with van der Waals surface area (Å²) in [5.41, 5.74) is -3.75. The minimum atomic E-state index is -1.52. The third-order valence-corrected chi connectivity index (χ3v) is 9.17. The number of aliphatic hydroxyl groups is 1. The lowest BCUT2D eigenvalue weighted by atomic mass is 9.48. The summed E-state index contributed by atoms with van der Waals surface area (Å²) in [5.74, 6) is -1.93. The molecule has 3 fully saturated rings. The number of benzene rings is 1. The molecule has 40 heavy (non-hydrogen) atoms. The minimum Gasteiger partial charge on any atom is -0.472 e. The largest absolute Gasteiger partial charge is 0.472 e. The molecule has 2 heterocycles. The number of hydrogen-bond donors (Lipinski definition) is 1. The van der Waals surface area contributed by atoms with Gasteiger partial charge >= 0.3 is 17.9 Å². The van der Waals surface area contributed by atoms with Gasteiger partial charge in [0.15, 0.2) is 6.10 Å². The fraction of sp³-hybridized carbons (Fsp3) is 0.516. The first kappa shape index (κ1) is 28.1. The van der Waals surface area contributed by atoms with E-state index in [2.05, 4.69) is 0 Å². The van der Waals surface area contributed by atoms with Crippen LogP contribution in [0.3, 0.4) is 0 Å². The van der Waals surface area contributed by atoms with Crippen molar-refractivity contribution in [1.29, 1.82) is 0 Å². The third kappa shape index (κ3) is 4.55. The molecule has 2 bridgehead atoms. The summed E-state index contributed by atoms with van der Waals surface area (Å²) in [6, 6.07) is 10.8. The number of hydrogen-bond acceptors (Lipinski definition) is 9. The first-order valence-corrected chi connectivity index (χ1v) is 13.6. The summed E-state index contributed by atoms with van der Waals surface area (Å²) < 4.78 is 29.7. The van der Waals surface area contributed by atoms with Gasteiger partial charge < -0.3 is 28.5 Å². The molecule has 1 aromatic carbocycles. The van der Waals surface area contributed by atoms with Gasteiger partial charge in [-0.25, -0.2) is 9.59 Å². The Balaban J connectivity index is 1.58.